The molecule has 86 valence electrons. The predicted octanol–water partition coefficient (Wildman–Crippen LogP) is 0.699. The highest BCUT2D eigenvalue weighted by Crippen LogP contribution is 2.17. The molecule has 0 amide bonds. The molecule has 0 saturated carbocycles. The Bertz CT molecular complexity index is 239. The summed E-state index contributed by atoms with van der Waals surface area (Å²) in [6.45, 7) is 2.07. The summed E-state index contributed by atoms with van der Waals surface area (Å²) in [4.78, 5) is 15.3. The van der Waals surface area contributed by atoms with Crippen LogP contribution in [0.1, 0.15) is 12.8 Å². The fourth-order valence-corrected chi connectivity index (χ4v) is 1.90. The van der Waals surface area contributed by atoms with Crippen molar-refractivity contribution in [1.82, 2.24) is 9.80 Å². The Morgan fingerprint density at radius 1 is 1.60 bits per heavy atom. The molecule has 0 aromatic carbocycles. The van der Waals surface area contributed by atoms with Crippen LogP contribution in [0.3, 0.4) is 0 Å². The summed E-state index contributed by atoms with van der Waals surface area (Å²) in [6.07, 6.45) is 5.74. The van der Waals surface area contributed by atoms with Crippen molar-refractivity contribution in [2.45, 2.75) is 18.9 Å². The molecule has 1 heterocycles. The van der Waals surface area contributed by atoms with Crippen LogP contribution >= 0.6 is 0 Å². The molecule has 0 radical (unpaired) electrons. The maximum atomic E-state index is 11.0. The molecule has 1 rings (SSSR count). The first kappa shape index (κ1) is 12.0. The molecule has 0 aliphatic carbocycles. The molecule has 1 aliphatic rings. The second kappa shape index (κ2) is 5.75. The number of rotatable bonds is 4. The molecule has 4 nitrogen and oxygen atoms in total. The van der Waals surface area contributed by atoms with Gasteiger partial charge in [-0.15, -0.1) is 0 Å². The van der Waals surface area contributed by atoms with Crippen molar-refractivity contribution < 1.29 is 9.53 Å². The highest BCUT2D eigenvalue weighted by atomic mass is 16.5. The number of ether oxygens (including phenoxy) is 1. The lowest BCUT2D eigenvalue weighted by Crippen LogP contribution is -2.34. The van der Waals surface area contributed by atoms with Crippen molar-refractivity contribution in [3.05, 3.63) is 12.3 Å². The molecule has 0 bridgehead atoms. The number of hydrogen-bond donors (Lipinski definition) is 0. The molecule has 1 aliphatic heterocycles. The van der Waals surface area contributed by atoms with Crippen LogP contribution in [-0.4, -0.2) is 56.1 Å². The van der Waals surface area contributed by atoms with Gasteiger partial charge >= 0.3 is 5.97 Å². The molecule has 1 unspecified atom stereocenters. The molecule has 0 spiro atoms. The fraction of sp³-hybridized carbons (Fsp3) is 0.727. The largest absolute Gasteiger partial charge is 0.466 e. The Morgan fingerprint density at radius 3 is 2.93 bits per heavy atom. The average molecular weight is 212 g/mol. The van der Waals surface area contributed by atoms with E-state index in [1.807, 2.05) is 6.20 Å². The molecule has 0 N–H and O–H groups in total. The van der Waals surface area contributed by atoms with Gasteiger partial charge in [0.15, 0.2) is 0 Å². The van der Waals surface area contributed by atoms with E-state index in [1.165, 1.54) is 26.0 Å². The number of likely N-dealkylation sites (tertiary alicyclic amines) is 1. The Balaban J connectivity index is 2.46. The van der Waals surface area contributed by atoms with Crippen LogP contribution in [0.25, 0.3) is 0 Å². The fourth-order valence-electron chi connectivity index (χ4n) is 1.90. The van der Waals surface area contributed by atoms with E-state index in [1.54, 1.807) is 0 Å². The first-order valence-electron chi connectivity index (χ1n) is 5.30. The van der Waals surface area contributed by atoms with Gasteiger partial charge in [0, 0.05) is 31.4 Å². The van der Waals surface area contributed by atoms with Crippen LogP contribution in [0.4, 0.5) is 0 Å². The number of hydrogen-bond acceptors (Lipinski definition) is 4. The van der Waals surface area contributed by atoms with E-state index < -0.39 is 0 Å². The van der Waals surface area contributed by atoms with Crippen LogP contribution < -0.4 is 0 Å². The number of likely N-dealkylation sites (N-methyl/N-ethyl adjacent to an activating group) is 1. The zero-order chi connectivity index (χ0) is 11.3. The maximum Gasteiger partial charge on any atom is 0.331 e. The third-order valence-electron chi connectivity index (χ3n) is 2.60. The summed E-state index contributed by atoms with van der Waals surface area (Å²) < 4.78 is 4.56. The molecule has 15 heavy (non-hydrogen) atoms. The Kier molecular flexibility index (Phi) is 4.62. The number of carbonyl (C=O) groups is 1. The Hall–Kier alpha value is -1.03. The number of methoxy groups -OCH3 is 1. The van der Waals surface area contributed by atoms with Crippen molar-refractivity contribution in [2.75, 3.05) is 34.3 Å². The first-order valence-corrected chi connectivity index (χ1v) is 5.30. The van der Waals surface area contributed by atoms with E-state index in [0.29, 0.717) is 6.04 Å². The van der Waals surface area contributed by atoms with Crippen LogP contribution in [-0.2, 0) is 9.53 Å². The van der Waals surface area contributed by atoms with Crippen LogP contribution in [0, 0.1) is 0 Å². The summed E-state index contributed by atoms with van der Waals surface area (Å²) in [5.74, 6) is -0.287. The van der Waals surface area contributed by atoms with E-state index in [9.17, 15) is 4.79 Å². The standard InChI is InChI=1S/C11H20N2O2/c1-12(2)9-10-5-4-7-13(10)8-6-11(14)15-3/h6,8,10H,4-5,7,9H2,1-3H3. The lowest BCUT2D eigenvalue weighted by molar-refractivity contribution is -0.134. The molecular weight excluding hydrogens is 192 g/mol. The van der Waals surface area contributed by atoms with Crippen LogP contribution in [0.2, 0.25) is 0 Å². The predicted molar refractivity (Wildman–Crippen MR) is 59.4 cm³/mol. The second-order valence-corrected chi connectivity index (χ2v) is 4.14. The highest BCUT2D eigenvalue weighted by molar-refractivity contribution is 5.81. The van der Waals surface area contributed by atoms with Gasteiger partial charge in [-0.05, 0) is 26.9 Å². The average Bonchev–Trinajstić information content (AvgIpc) is 2.61. The number of esters is 1. The van der Waals surface area contributed by atoms with E-state index >= 15 is 0 Å². The van der Waals surface area contributed by atoms with Crippen LogP contribution in [0.5, 0.6) is 0 Å². The molecular formula is C11H20N2O2. The lowest BCUT2D eigenvalue weighted by Gasteiger charge is -2.25. The number of nitrogens with zero attached hydrogens (tertiary/aromatic N) is 2. The van der Waals surface area contributed by atoms with Gasteiger partial charge < -0.3 is 14.5 Å². The maximum absolute atomic E-state index is 11.0. The molecule has 1 saturated heterocycles. The van der Waals surface area contributed by atoms with Gasteiger partial charge in [0.25, 0.3) is 0 Å². The zero-order valence-corrected chi connectivity index (χ0v) is 9.77. The SMILES string of the molecule is COC(=O)C=CN1CCCC1CN(C)C. The van der Waals surface area contributed by atoms with Gasteiger partial charge in [0.05, 0.1) is 7.11 Å². The smallest absolute Gasteiger partial charge is 0.331 e. The van der Waals surface area contributed by atoms with Crippen molar-refractivity contribution >= 4 is 5.97 Å². The Morgan fingerprint density at radius 2 is 2.33 bits per heavy atom. The van der Waals surface area contributed by atoms with Gasteiger partial charge in [-0.1, -0.05) is 0 Å². The summed E-state index contributed by atoms with van der Waals surface area (Å²) in [7, 11) is 5.54. The van der Waals surface area contributed by atoms with E-state index in [0.717, 1.165) is 13.1 Å². The van der Waals surface area contributed by atoms with Gasteiger partial charge in [-0.3, -0.25) is 0 Å². The zero-order valence-electron chi connectivity index (χ0n) is 9.77. The van der Waals surface area contributed by atoms with Crippen molar-refractivity contribution in [2.24, 2.45) is 0 Å². The quantitative estimate of drug-likeness (QED) is 0.507. The summed E-state index contributed by atoms with van der Waals surface area (Å²) >= 11 is 0. The van der Waals surface area contributed by atoms with E-state index in [-0.39, 0.29) is 5.97 Å². The molecule has 0 aromatic heterocycles. The minimum Gasteiger partial charge on any atom is -0.466 e. The highest BCUT2D eigenvalue weighted by Gasteiger charge is 2.21. The third kappa shape index (κ3) is 3.91. The van der Waals surface area contributed by atoms with Gasteiger partial charge in [0.2, 0.25) is 0 Å². The minimum absolute atomic E-state index is 0.287. The van der Waals surface area contributed by atoms with Crippen molar-refractivity contribution in [3.63, 3.8) is 0 Å². The normalized spacial score (nSPS) is 21.6. The molecule has 1 fully saturated rings. The second-order valence-electron chi connectivity index (χ2n) is 4.14. The van der Waals surface area contributed by atoms with Crippen molar-refractivity contribution in [3.8, 4) is 0 Å². The molecule has 1 atom stereocenters. The third-order valence-corrected chi connectivity index (χ3v) is 2.60. The monoisotopic (exact) mass is 212 g/mol. The van der Waals surface area contributed by atoms with Gasteiger partial charge in [-0.25, -0.2) is 4.79 Å². The molecule has 0 aromatic rings. The van der Waals surface area contributed by atoms with E-state index in [4.69, 9.17) is 0 Å². The first-order chi connectivity index (χ1) is 7.13. The van der Waals surface area contributed by atoms with Crippen LogP contribution in [0.15, 0.2) is 12.3 Å². The minimum atomic E-state index is -0.287. The summed E-state index contributed by atoms with van der Waals surface area (Å²) in [5, 5.41) is 0. The summed E-state index contributed by atoms with van der Waals surface area (Å²) in [6, 6.07) is 0.529. The van der Waals surface area contributed by atoms with Gasteiger partial charge in [-0.2, -0.15) is 0 Å². The lowest BCUT2D eigenvalue weighted by atomic mass is 10.2. The summed E-state index contributed by atoms with van der Waals surface area (Å²) in [5.41, 5.74) is 0. The van der Waals surface area contributed by atoms with E-state index in [2.05, 4.69) is 28.6 Å². The number of carbonyl (C=O) groups excluding carboxylic acids is 1. The van der Waals surface area contributed by atoms with Gasteiger partial charge in [0.1, 0.15) is 0 Å². The topological polar surface area (TPSA) is 32.8 Å². The Labute approximate surface area is 91.5 Å². The molecule has 4 heteroatoms. The van der Waals surface area contributed by atoms with Crippen molar-refractivity contribution in [1.29, 1.82) is 0 Å².